The van der Waals surface area contributed by atoms with Crippen molar-refractivity contribution in [2.75, 3.05) is 18.6 Å². The SMILES string of the molecule is CCOc1ccc(C=NNc2ccccc2C(=O)O)c(OCC)c1. The first-order valence-corrected chi connectivity index (χ1v) is 7.66. The molecule has 0 spiro atoms. The Morgan fingerprint density at radius 1 is 1.17 bits per heavy atom. The second kappa shape index (κ2) is 8.57. The Bertz CT molecular complexity index is 729. The van der Waals surface area contributed by atoms with Crippen LogP contribution in [0, 0.1) is 0 Å². The quantitative estimate of drug-likeness (QED) is 0.571. The molecule has 0 aromatic heterocycles. The molecule has 24 heavy (non-hydrogen) atoms. The Hall–Kier alpha value is -3.02. The lowest BCUT2D eigenvalue weighted by Crippen LogP contribution is -2.03. The van der Waals surface area contributed by atoms with Gasteiger partial charge >= 0.3 is 5.97 Å². The average Bonchev–Trinajstić information content (AvgIpc) is 2.57. The lowest BCUT2D eigenvalue weighted by Gasteiger charge is -2.10. The molecule has 0 radical (unpaired) electrons. The van der Waals surface area contributed by atoms with Crippen molar-refractivity contribution < 1.29 is 19.4 Å². The Morgan fingerprint density at radius 2 is 1.92 bits per heavy atom. The largest absolute Gasteiger partial charge is 0.494 e. The molecule has 0 heterocycles. The van der Waals surface area contributed by atoms with Gasteiger partial charge in [-0.3, -0.25) is 5.43 Å². The molecule has 6 nitrogen and oxygen atoms in total. The Balaban J connectivity index is 2.18. The van der Waals surface area contributed by atoms with Crippen molar-refractivity contribution in [3.8, 4) is 11.5 Å². The third kappa shape index (κ3) is 4.49. The Kier molecular flexibility index (Phi) is 6.19. The molecule has 0 atom stereocenters. The Labute approximate surface area is 140 Å². The van der Waals surface area contributed by atoms with Gasteiger partial charge in [0.2, 0.25) is 0 Å². The number of nitrogens with one attached hydrogen (secondary N) is 1. The van der Waals surface area contributed by atoms with E-state index in [1.165, 1.54) is 6.07 Å². The molecule has 2 aromatic carbocycles. The van der Waals surface area contributed by atoms with E-state index in [9.17, 15) is 4.79 Å². The predicted octanol–water partition coefficient (Wildman–Crippen LogP) is 3.63. The highest BCUT2D eigenvalue weighted by atomic mass is 16.5. The zero-order valence-electron chi connectivity index (χ0n) is 13.7. The fourth-order valence-corrected chi connectivity index (χ4v) is 2.10. The lowest BCUT2D eigenvalue weighted by molar-refractivity contribution is 0.0698. The number of rotatable bonds is 8. The van der Waals surface area contributed by atoms with Gasteiger partial charge in [-0.05, 0) is 38.1 Å². The van der Waals surface area contributed by atoms with E-state index in [-0.39, 0.29) is 5.56 Å². The Morgan fingerprint density at radius 3 is 2.62 bits per heavy atom. The third-order valence-electron chi connectivity index (χ3n) is 3.14. The van der Waals surface area contributed by atoms with Crippen LogP contribution < -0.4 is 14.9 Å². The van der Waals surface area contributed by atoms with Crippen LogP contribution >= 0.6 is 0 Å². The molecule has 0 fully saturated rings. The number of carbonyl (C=O) groups is 1. The minimum Gasteiger partial charge on any atom is -0.494 e. The second-order valence-corrected chi connectivity index (χ2v) is 4.79. The molecular formula is C18H20N2O4. The van der Waals surface area contributed by atoms with Gasteiger partial charge < -0.3 is 14.6 Å². The van der Waals surface area contributed by atoms with Gasteiger partial charge in [0.25, 0.3) is 0 Å². The maximum Gasteiger partial charge on any atom is 0.337 e. The van der Waals surface area contributed by atoms with Crippen LogP contribution in [0.25, 0.3) is 0 Å². The minimum absolute atomic E-state index is 0.159. The highest BCUT2D eigenvalue weighted by Crippen LogP contribution is 2.24. The van der Waals surface area contributed by atoms with Gasteiger partial charge in [0.05, 0.1) is 30.7 Å². The molecule has 0 bridgehead atoms. The number of carboxylic acids is 1. The molecule has 0 aliphatic rings. The first-order chi connectivity index (χ1) is 11.7. The van der Waals surface area contributed by atoms with Gasteiger partial charge in [0.15, 0.2) is 0 Å². The molecule has 6 heteroatoms. The van der Waals surface area contributed by atoms with Gasteiger partial charge in [-0.15, -0.1) is 0 Å². The summed E-state index contributed by atoms with van der Waals surface area (Å²) < 4.78 is 11.1. The van der Waals surface area contributed by atoms with Crippen LogP contribution in [0.3, 0.4) is 0 Å². The molecule has 0 aliphatic heterocycles. The van der Waals surface area contributed by atoms with Crippen molar-refractivity contribution in [3.63, 3.8) is 0 Å². The van der Waals surface area contributed by atoms with Crippen molar-refractivity contribution in [2.45, 2.75) is 13.8 Å². The van der Waals surface area contributed by atoms with E-state index in [1.807, 2.05) is 26.0 Å². The van der Waals surface area contributed by atoms with Crippen LogP contribution in [0.4, 0.5) is 5.69 Å². The molecule has 0 amide bonds. The number of carboxylic acid groups (broad SMARTS) is 1. The topological polar surface area (TPSA) is 80.2 Å². The van der Waals surface area contributed by atoms with Crippen molar-refractivity contribution in [1.82, 2.24) is 0 Å². The predicted molar refractivity (Wildman–Crippen MR) is 93.4 cm³/mol. The maximum atomic E-state index is 11.2. The summed E-state index contributed by atoms with van der Waals surface area (Å²) in [4.78, 5) is 11.2. The number of hydrogen-bond donors (Lipinski definition) is 2. The third-order valence-corrected chi connectivity index (χ3v) is 3.14. The first kappa shape index (κ1) is 17.3. The summed E-state index contributed by atoms with van der Waals surface area (Å²) in [7, 11) is 0. The lowest BCUT2D eigenvalue weighted by atomic mass is 10.2. The van der Waals surface area contributed by atoms with Gasteiger partial charge in [-0.1, -0.05) is 12.1 Å². The van der Waals surface area contributed by atoms with Crippen molar-refractivity contribution in [3.05, 3.63) is 53.6 Å². The minimum atomic E-state index is -1.01. The van der Waals surface area contributed by atoms with Gasteiger partial charge in [-0.2, -0.15) is 5.10 Å². The number of nitrogens with zero attached hydrogens (tertiary/aromatic N) is 1. The zero-order valence-corrected chi connectivity index (χ0v) is 13.7. The number of hydrogen-bond acceptors (Lipinski definition) is 5. The van der Waals surface area contributed by atoms with Crippen molar-refractivity contribution in [2.24, 2.45) is 5.10 Å². The van der Waals surface area contributed by atoms with Crippen LogP contribution in [-0.2, 0) is 0 Å². The van der Waals surface area contributed by atoms with E-state index in [1.54, 1.807) is 30.5 Å². The first-order valence-electron chi connectivity index (χ1n) is 7.66. The molecule has 0 saturated heterocycles. The summed E-state index contributed by atoms with van der Waals surface area (Å²) in [6, 6.07) is 12.1. The monoisotopic (exact) mass is 328 g/mol. The van der Waals surface area contributed by atoms with Gasteiger partial charge in [-0.25, -0.2) is 4.79 Å². The summed E-state index contributed by atoms with van der Waals surface area (Å²) in [5.41, 5.74) is 4.10. The fourth-order valence-electron chi connectivity index (χ4n) is 2.10. The van der Waals surface area contributed by atoms with Crippen LogP contribution in [0.2, 0.25) is 0 Å². The number of hydrazone groups is 1. The van der Waals surface area contributed by atoms with Gasteiger partial charge in [0, 0.05) is 11.6 Å². The van der Waals surface area contributed by atoms with Gasteiger partial charge in [0.1, 0.15) is 11.5 Å². The standard InChI is InChI=1S/C18H20N2O4/c1-3-23-14-10-9-13(17(11-14)24-4-2)12-19-20-16-8-6-5-7-15(16)18(21)22/h5-12,20H,3-4H2,1-2H3,(H,21,22). The second-order valence-electron chi connectivity index (χ2n) is 4.79. The number of para-hydroxylation sites is 1. The fraction of sp³-hybridized carbons (Fsp3) is 0.222. The summed E-state index contributed by atoms with van der Waals surface area (Å²) in [6.45, 7) is 4.91. The summed E-state index contributed by atoms with van der Waals surface area (Å²) in [6.07, 6.45) is 1.58. The van der Waals surface area contributed by atoms with E-state index in [2.05, 4.69) is 10.5 Å². The molecular weight excluding hydrogens is 308 g/mol. The molecule has 2 N–H and O–H groups in total. The highest BCUT2D eigenvalue weighted by Gasteiger charge is 2.08. The summed E-state index contributed by atoms with van der Waals surface area (Å²) in [5.74, 6) is 0.368. The molecule has 2 aromatic rings. The van der Waals surface area contributed by atoms with Crippen molar-refractivity contribution >= 4 is 17.9 Å². The smallest absolute Gasteiger partial charge is 0.337 e. The zero-order chi connectivity index (χ0) is 17.4. The number of benzene rings is 2. The average molecular weight is 328 g/mol. The van der Waals surface area contributed by atoms with Crippen LogP contribution in [-0.4, -0.2) is 30.5 Å². The number of anilines is 1. The highest BCUT2D eigenvalue weighted by molar-refractivity contribution is 5.94. The van der Waals surface area contributed by atoms with E-state index >= 15 is 0 Å². The molecule has 0 saturated carbocycles. The normalized spacial score (nSPS) is 10.6. The van der Waals surface area contributed by atoms with E-state index in [0.29, 0.717) is 24.7 Å². The summed E-state index contributed by atoms with van der Waals surface area (Å²) in [5, 5.41) is 13.3. The number of ether oxygens (including phenoxy) is 2. The molecule has 126 valence electrons. The molecule has 0 unspecified atom stereocenters. The maximum absolute atomic E-state index is 11.2. The van der Waals surface area contributed by atoms with E-state index < -0.39 is 5.97 Å². The van der Waals surface area contributed by atoms with E-state index in [4.69, 9.17) is 14.6 Å². The van der Waals surface area contributed by atoms with Crippen LogP contribution in [0.5, 0.6) is 11.5 Å². The molecule has 2 rings (SSSR count). The van der Waals surface area contributed by atoms with E-state index in [0.717, 1.165) is 11.3 Å². The number of aromatic carboxylic acids is 1. The van der Waals surface area contributed by atoms with Crippen LogP contribution in [0.15, 0.2) is 47.6 Å². The summed E-state index contributed by atoms with van der Waals surface area (Å²) >= 11 is 0. The van der Waals surface area contributed by atoms with Crippen molar-refractivity contribution in [1.29, 1.82) is 0 Å². The molecule has 0 aliphatic carbocycles. The van der Waals surface area contributed by atoms with Crippen LogP contribution in [0.1, 0.15) is 29.8 Å².